The maximum atomic E-state index is 12.9. The molecule has 1 atom stereocenters. The largest absolute Gasteiger partial charge is 0.338 e. The van der Waals surface area contributed by atoms with E-state index in [1.165, 1.54) is 11.8 Å². The summed E-state index contributed by atoms with van der Waals surface area (Å²) in [4.78, 5) is 29.7. The highest BCUT2D eigenvalue weighted by Gasteiger charge is 2.29. The van der Waals surface area contributed by atoms with Crippen LogP contribution in [0.3, 0.4) is 0 Å². The summed E-state index contributed by atoms with van der Waals surface area (Å²) < 4.78 is 2.00. The van der Waals surface area contributed by atoms with Gasteiger partial charge in [0, 0.05) is 37.8 Å². The van der Waals surface area contributed by atoms with Crippen LogP contribution in [-0.2, 0) is 9.59 Å². The molecule has 9 heteroatoms. The lowest BCUT2D eigenvalue weighted by Crippen LogP contribution is -2.55. The van der Waals surface area contributed by atoms with E-state index in [1.807, 2.05) is 76.1 Å². The van der Waals surface area contributed by atoms with E-state index in [2.05, 4.69) is 10.2 Å². The molecule has 1 aliphatic heterocycles. The molecule has 31 heavy (non-hydrogen) atoms. The van der Waals surface area contributed by atoms with Gasteiger partial charge in [-0.25, -0.2) is 0 Å². The van der Waals surface area contributed by atoms with Gasteiger partial charge in [-0.1, -0.05) is 43.0 Å². The maximum Gasteiger partial charge on any atom is 0.233 e. The Labute approximate surface area is 190 Å². The highest BCUT2D eigenvalue weighted by molar-refractivity contribution is 7.99. The highest BCUT2D eigenvalue weighted by atomic mass is 32.2. The SMILES string of the molecule is CCC(=O)N1CCN(C(=O)CSc2nnc(-c3cccs3)n2-c2ccccc2)CC1C. The molecule has 1 saturated heterocycles. The number of nitrogens with zero attached hydrogens (tertiary/aromatic N) is 5. The monoisotopic (exact) mass is 455 g/mol. The number of thioether (sulfide) groups is 1. The van der Waals surface area contributed by atoms with Crippen molar-refractivity contribution in [1.82, 2.24) is 24.6 Å². The first-order valence-electron chi connectivity index (χ1n) is 10.3. The molecule has 0 aliphatic carbocycles. The van der Waals surface area contributed by atoms with E-state index in [-0.39, 0.29) is 23.6 Å². The lowest BCUT2D eigenvalue weighted by molar-refractivity contribution is -0.141. The van der Waals surface area contributed by atoms with Crippen LogP contribution in [-0.4, -0.2) is 67.8 Å². The van der Waals surface area contributed by atoms with Gasteiger partial charge in [-0.15, -0.1) is 21.5 Å². The smallest absolute Gasteiger partial charge is 0.233 e. The van der Waals surface area contributed by atoms with E-state index in [0.29, 0.717) is 31.2 Å². The molecule has 2 aromatic heterocycles. The summed E-state index contributed by atoms with van der Waals surface area (Å²) in [5, 5.41) is 11.5. The molecule has 162 valence electrons. The zero-order chi connectivity index (χ0) is 21.8. The van der Waals surface area contributed by atoms with Gasteiger partial charge in [0.05, 0.1) is 10.6 Å². The number of amides is 2. The Morgan fingerprint density at radius 3 is 2.58 bits per heavy atom. The number of piperazine rings is 1. The Bertz CT molecular complexity index is 1040. The van der Waals surface area contributed by atoms with Gasteiger partial charge in [0.15, 0.2) is 11.0 Å². The topological polar surface area (TPSA) is 71.3 Å². The second kappa shape index (κ2) is 9.65. The van der Waals surface area contributed by atoms with Gasteiger partial charge in [-0.3, -0.25) is 14.2 Å². The molecule has 0 bridgehead atoms. The molecule has 0 spiro atoms. The summed E-state index contributed by atoms with van der Waals surface area (Å²) in [6.07, 6.45) is 0.496. The number of hydrogen-bond donors (Lipinski definition) is 0. The average molecular weight is 456 g/mol. The van der Waals surface area contributed by atoms with Crippen LogP contribution in [0.5, 0.6) is 0 Å². The number of benzene rings is 1. The third kappa shape index (κ3) is 4.67. The van der Waals surface area contributed by atoms with E-state index in [9.17, 15) is 9.59 Å². The number of hydrogen-bond acceptors (Lipinski definition) is 6. The molecule has 0 saturated carbocycles. The molecular weight excluding hydrogens is 430 g/mol. The van der Waals surface area contributed by atoms with Crippen molar-refractivity contribution >= 4 is 34.9 Å². The Hall–Kier alpha value is -2.65. The van der Waals surface area contributed by atoms with E-state index < -0.39 is 0 Å². The lowest BCUT2D eigenvalue weighted by atomic mass is 10.2. The van der Waals surface area contributed by atoms with Gasteiger partial charge >= 0.3 is 0 Å². The molecule has 0 N–H and O–H groups in total. The van der Waals surface area contributed by atoms with Crippen molar-refractivity contribution in [3.8, 4) is 16.4 Å². The first-order valence-corrected chi connectivity index (χ1v) is 12.2. The van der Waals surface area contributed by atoms with Gasteiger partial charge in [-0.2, -0.15) is 0 Å². The molecule has 1 unspecified atom stereocenters. The number of carbonyl (C=O) groups is 2. The van der Waals surface area contributed by atoms with Crippen LogP contribution < -0.4 is 0 Å². The first kappa shape index (κ1) is 21.6. The van der Waals surface area contributed by atoms with Gasteiger partial charge in [0.1, 0.15) is 0 Å². The van der Waals surface area contributed by atoms with Crippen molar-refractivity contribution in [3.05, 3.63) is 47.8 Å². The average Bonchev–Trinajstić information content (AvgIpc) is 3.47. The standard InChI is InChI=1S/C22H25N5O2S2/c1-3-19(28)26-12-11-25(14-16(26)2)20(29)15-31-22-24-23-21(18-10-7-13-30-18)27(22)17-8-5-4-6-9-17/h4-10,13,16H,3,11-12,14-15H2,1-2H3. The van der Waals surface area contributed by atoms with E-state index in [1.54, 1.807) is 11.3 Å². The first-order chi connectivity index (χ1) is 15.1. The number of carbonyl (C=O) groups excluding carboxylic acids is 2. The van der Waals surface area contributed by atoms with Crippen LogP contribution in [0.1, 0.15) is 20.3 Å². The zero-order valence-electron chi connectivity index (χ0n) is 17.6. The minimum atomic E-state index is 0.0357. The second-order valence-electron chi connectivity index (χ2n) is 7.37. The van der Waals surface area contributed by atoms with Crippen LogP contribution in [0.4, 0.5) is 0 Å². The molecule has 4 rings (SSSR count). The van der Waals surface area contributed by atoms with Gasteiger partial charge in [0.2, 0.25) is 11.8 Å². The minimum Gasteiger partial charge on any atom is -0.338 e. The Balaban J connectivity index is 1.48. The number of rotatable bonds is 6. The second-order valence-corrected chi connectivity index (χ2v) is 9.26. The van der Waals surface area contributed by atoms with E-state index in [0.717, 1.165) is 16.4 Å². The molecule has 3 heterocycles. The molecule has 1 aliphatic rings. The lowest BCUT2D eigenvalue weighted by Gasteiger charge is -2.39. The van der Waals surface area contributed by atoms with Gasteiger partial charge < -0.3 is 9.80 Å². The predicted octanol–water partition coefficient (Wildman–Crippen LogP) is 3.56. The summed E-state index contributed by atoms with van der Waals surface area (Å²) in [6.45, 7) is 5.60. The number of thiophene rings is 1. The zero-order valence-corrected chi connectivity index (χ0v) is 19.2. The van der Waals surface area contributed by atoms with Crippen molar-refractivity contribution in [3.63, 3.8) is 0 Å². The third-order valence-electron chi connectivity index (χ3n) is 5.32. The fourth-order valence-electron chi connectivity index (χ4n) is 3.71. The van der Waals surface area contributed by atoms with Gasteiger partial charge in [0.25, 0.3) is 0 Å². The van der Waals surface area contributed by atoms with E-state index in [4.69, 9.17) is 0 Å². The summed E-state index contributed by atoms with van der Waals surface area (Å²) in [5.74, 6) is 1.26. The number of aromatic nitrogens is 3. The predicted molar refractivity (Wildman–Crippen MR) is 123 cm³/mol. The molecular formula is C22H25N5O2S2. The quantitative estimate of drug-likeness (QED) is 0.532. The molecule has 7 nitrogen and oxygen atoms in total. The summed E-state index contributed by atoms with van der Waals surface area (Å²) in [6, 6.07) is 14.0. The molecule has 1 fully saturated rings. The molecule has 3 aromatic rings. The fraction of sp³-hybridized carbons (Fsp3) is 0.364. The maximum absolute atomic E-state index is 12.9. The van der Waals surface area contributed by atoms with Crippen LogP contribution >= 0.6 is 23.1 Å². The van der Waals surface area contributed by atoms with Crippen molar-refractivity contribution in [2.75, 3.05) is 25.4 Å². The summed E-state index contributed by atoms with van der Waals surface area (Å²) >= 11 is 3.01. The third-order valence-corrected chi connectivity index (χ3v) is 7.10. The fourth-order valence-corrected chi connectivity index (χ4v) is 5.27. The molecule has 0 radical (unpaired) electrons. The van der Waals surface area contributed by atoms with Crippen LogP contribution in [0.2, 0.25) is 0 Å². The highest BCUT2D eigenvalue weighted by Crippen LogP contribution is 2.30. The molecule has 2 amide bonds. The summed E-state index contributed by atoms with van der Waals surface area (Å²) in [7, 11) is 0. The van der Waals surface area contributed by atoms with Crippen LogP contribution in [0.25, 0.3) is 16.4 Å². The van der Waals surface area contributed by atoms with Crippen LogP contribution in [0, 0.1) is 0 Å². The van der Waals surface area contributed by atoms with Crippen molar-refractivity contribution in [2.24, 2.45) is 0 Å². The van der Waals surface area contributed by atoms with Crippen molar-refractivity contribution in [1.29, 1.82) is 0 Å². The molecule has 1 aromatic carbocycles. The van der Waals surface area contributed by atoms with Crippen LogP contribution in [0.15, 0.2) is 53.0 Å². The Kier molecular flexibility index (Phi) is 6.72. The summed E-state index contributed by atoms with van der Waals surface area (Å²) in [5.41, 5.74) is 0.964. The van der Waals surface area contributed by atoms with Crippen molar-refractivity contribution < 1.29 is 9.59 Å². The van der Waals surface area contributed by atoms with Gasteiger partial charge in [-0.05, 0) is 30.5 Å². The Morgan fingerprint density at radius 2 is 1.90 bits per heavy atom. The minimum absolute atomic E-state index is 0.0357. The van der Waals surface area contributed by atoms with Crippen molar-refractivity contribution in [2.45, 2.75) is 31.5 Å². The van der Waals surface area contributed by atoms with E-state index >= 15 is 0 Å². The number of para-hydroxylation sites is 1. The normalized spacial score (nSPS) is 16.5. The Morgan fingerprint density at radius 1 is 1.10 bits per heavy atom.